The Morgan fingerprint density at radius 1 is 1.12 bits per heavy atom. The number of benzene rings is 1. The van der Waals surface area contributed by atoms with Crippen LogP contribution in [0.15, 0.2) is 29.4 Å². The molecule has 130 valence electrons. The standard InChI is InChI=1S/C19H17N5O2/c1-18(2,3)23-16(25)13-14(17(23)26)19(9-20,10-21)24-15(13)12-7-5-4-6-11(12)8-22-24/h4-8,13-15H,1-3H3/t13-,14-,15-/m0/s1. The van der Waals surface area contributed by atoms with Crippen LogP contribution < -0.4 is 0 Å². The Bertz CT molecular complexity index is 932. The van der Waals surface area contributed by atoms with Crippen LogP contribution in [0.5, 0.6) is 0 Å². The lowest BCUT2D eigenvalue weighted by Crippen LogP contribution is -2.52. The van der Waals surface area contributed by atoms with E-state index < -0.39 is 34.9 Å². The maximum Gasteiger partial charge on any atom is 0.242 e. The Balaban J connectivity index is 1.97. The fourth-order valence-corrected chi connectivity index (χ4v) is 4.40. The van der Waals surface area contributed by atoms with Gasteiger partial charge in [0.25, 0.3) is 0 Å². The summed E-state index contributed by atoms with van der Waals surface area (Å²) in [6.45, 7) is 5.32. The Hall–Kier alpha value is -3.19. The van der Waals surface area contributed by atoms with Crippen LogP contribution in [0.4, 0.5) is 0 Å². The van der Waals surface area contributed by atoms with Crippen LogP contribution in [0.3, 0.4) is 0 Å². The summed E-state index contributed by atoms with van der Waals surface area (Å²) in [5, 5.41) is 25.4. The van der Waals surface area contributed by atoms with Crippen molar-refractivity contribution < 1.29 is 9.59 Å². The lowest BCUT2D eigenvalue weighted by molar-refractivity contribution is -0.147. The molecule has 1 aromatic rings. The number of likely N-dealkylation sites (tertiary alicyclic amines) is 1. The normalized spacial score (nSPS) is 28.3. The van der Waals surface area contributed by atoms with E-state index in [4.69, 9.17) is 0 Å². The minimum absolute atomic E-state index is 0.346. The molecular weight excluding hydrogens is 330 g/mol. The monoisotopic (exact) mass is 347 g/mol. The topological polar surface area (TPSA) is 101 Å². The molecule has 2 amide bonds. The zero-order chi connectivity index (χ0) is 18.9. The summed E-state index contributed by atoms with van der Waals surface area (Å²) in [5.41, 5.74) is -0.890. The van der Waals surface area contributed by atoms with Crippen molar-refractivity contribution in [3.63, 3.8) is 0 Å². The molecule has 3 heterocycles. The quantitative estimate of drug-likeness (QED) is 0.663. The predicted octanol–water partition coefficient (Wildman–Crippen LogP) is 1.58. The fraction of sp³-hybridized carbons (Fsp3) is 0.421. The van der Waals surface area contributed by atoms with E-state index in [9.17, 15) is 20.1 Å². The van der Waals surface area contributed by atoms with Crippen LogP contribution in [-0.4, -0.2) is 39.0 Å². The van der Waals surface area contributed by atoms with Gasteiger partial charge in [-0.15, -0.1) is 0 Å². The van der Waals surface area contributed by atoms with E-state index in [1.54, 1.807) is 27.0 Å². The first-order chi connectivity index (χ1) is 12.3. The molecule has 3 aliphatic rings. The predicted molar refractivity (Wildman–Crippen MR) is 91.2 cm³/mol. The van der Waals surface area contributed by atoms with Gasteiger partial charge in [-0.05, 0) is 31.9 Å². The molecule has 3 aliphatic heterocycles. The number of amides is 2. The highest BCUT2D eigenvalue weighted by atomic mass is 16.2. The molecule has 26 heavy (non-hydrogen) atoms. The van der Waals surface area contributed by atoms with Crippen molar-refractivity contribution in [2.75, 3.05) is 0 Å². The van der Waals surface area contributed by atoms with Crippen molar-refractivity contribution in [3.05, 3.63) is 35.4 Å². The number of hydrogen-bond donors (Lipinski definition) is 0. The molecule has 4 rings (SSSR count). The van der Waals surface area contributed by atoms with Crippen LogP contribution in [0, 0.1) is 34.5 Å². The summed E-state index contributed by atoms with van der Waals surface area (Å²) in [6, 6.07) is 10.8. The van der Waals surface area contributed by atoms with Crippen LogP contribution in [0.2, 0.25) is 0 Å². The molecule has 0 bridgehead atoms. The summed E-state index contributed by atoms with van der Waals surface area (Å²) in [6.07, 6.45) is 1.58. The molecule has 0 N–H and O–H groups in total. The molecule has 0 saturated carbocycles. The minimum Gasteiger partial charge on any atom is -0.276 e. The zero-order valence-corrected chi connectivity index (χ0v) is 14.7. The number of nitriles is 2. The SMILES string of the molecule is CC(C)(C)N1C(=O)[C@H]2[C@@H](C1=O)C(C#N)(C#N)N1N=Cc3ccccc3[C@@H]21. The third kappa shape index (κ3) is 1.72. The maximum atomic E-state index is 13.2. The van der Waals surface area contributed by atoms with E-state index in [0.717, 1.165) is 11.1 Å². The van der Waals surface area contributed by atoms with E-state index in [-0.39, 0.29) is 5.91 Å². The van der Waals surface area contributed by atoms with Crippen molar-refractivity contribution >= 4 is 18.0 Å². The summed E-state index contributed by atoms with van der Waals surface area (Å²) in [7, 11) is 0. The van der Waals surface area contributed by atoms with Gasteiger partial charge in [0.2, 0.25) is 17.4 Å². The van der Waals surface area contributed by atoms with Crippen LogP contribution in [0.1, 0.15) is 37.9 Å². The number of hydrazone groups is 1. The molecule has 7 nitrogen and oxygen atoms in total. The second kappa shape index (κ2) is 4.92. The van der Waals surface area contributed by atoms with Gasteiger partial charge >= 0.3 is 0 Å². The minimum atomic E-state index is -1.80. The molecule has 2 saturated heterocycles. The first-order valence-electron chi connectivity index (χ1n) is 8.40. The highest BCUT2D eigenvalue weighted by Crippen LogP contribution is 2.56. The maximum absolute atomic E-state index is 13.2. The average molecular weight is 347 g/mol. The highest BCUT2D eigenvalue weighted by molar-refractivity contribution is 6.08. The van der Waals surface area contributed by atoms with Crippen LogP contribution >= 0.6 is 0 Å². The Morgan fingerprint density at radius 2 is 1.77 bits per heavy atom. The second-order valence-corrected chi connectivity index (χ2v) is 7.84. The second-order valence-electron chi connectivity index (χ2n) is 7.84. The number of carbonyl (C=O) groups excluding carboxylic acids is 2. The van der Waals surface area contributed by atoms with E-state index >= 15 is 0 Å². The summed E-state index contributed by atoms with van der Waals surface area (Å²) in [5.74, 6) is -2.68. The van der Waals surface area contributed by atoms with Crippen molar-refractivity contribution in [1.29, 1.82) is 10.5 Å². The first-order valence-corrected chi connectivity index (χ1v) is 8.40. The number of rotatable bonds is 0. The molecule has 0 unspecified atom stereocenters. The van der Waals surface area contributed by atoms with Gasteiger partial charge < -0.3 is 0 Å². The molecular formula is C19H17N5O2. The zero-order valence-electron chi connectivity index (χ0n) is 14.7. The third-order valence-corrected chi connectivity index (χ3v) is 5.41. The van der Waals surface area contributed by atoms with Crippen LogP contribution in [-0.2, 0) is 9.59 Å². The number of carbonyl (C=O) groups is 2. The van der Waals surface area contributed by atoms with Gasteiger partial charge in [-0.25, -0.2) is 0 Å². The van der Waals surface area contributed by atoms with E-state index in [2.05, 4.69) is 5.10 Å². The van der Waals surface area contributed by atoms with E-state index in [0.29, 0.717) is 0 Å². The molecule has 0 radical (unpaired) electrons. The molecule has 2 fully saturated rings. The lowest BCUT2D eigenvalue weighted by atomic mass is 9.80. The molecule has 7 heteroatoms. The van der Waals surface area contributed by atoms with E-state index in [1.807, 2.05) is 36.4 Å². The molecule has 0 aliphatic carbocycles. The number of fused-ring (bicyclic) bond motifs is 5. The smallest absolute Gasteiger partial charge is 0.242 e. The highest BCUT2D eigenvalue weighted by Gasteiger charge is 2.72. The molecule has 3 atom stereocenters. The van der Waals surface area contributed by atoms with Gasteiger partial charge in [0.15, 0.2) is 0 Å². The number of nitrogens with zero attached hydrogens (tertiary/aromatic N) is 5. The van der Waals surface area contributed by atoms with Gasteiger partial charge in [-0.3, -0.25) is 19.5 Å². The Kier molecular flexibility index (Phi) is 3.08. The molecule has 0 aromatic heterocycles. The van der Waals surface area contributed by atoms with Crippen molar-refractivity contribution in [3.8, 4) is 12.1 Å². The number of hydrogen-bond acceptors (Lipinski definition) is 6. The Morgan fingerprint density at radius 3 is 2.38 bits per heavy atom. The van der Waals surface area contributed by atoms with Gasteiger partial charge in [-0.2, -0.15) is 15.6 Å². The lowest BCUT2D eigenvalue weighted by Gasteiger charge is -2.37. The van der Waals surface area contributed by atoms with Crippen LogP contribution in [0.25, 0.3) is 0 Å². The summed E-state index contributed by atoms with van der Waals surface area (Å²) >= 11 is 0. The summed E-state index contributed by atoms with van der Waals surface area (Å²) in [4.78, 5) is 27.6. The Labute approximate surface area is 151 Å². The van der Waals surface area contributed by atoms with Crippen molar-refractivity contribution in [2.45, 2.75) is 37.9 Å². The average Bonchev–Trinajstić information content (AvgIpc) is 3.05. The van der Waals surface area contributed by atoms with Gasteiger partial charge in [-0.1, -0.05) is 24.3 Å². The van der Waals surface area contributed by atoms with Gasteiger partial charge in [0, 0.05) is 5.54 Å². The largest absolute Gasteiger partial charge is 0.276 e. The van der Waals surface area contributed by atoms with Gasteiger partial charge in [0.1, 0.15) is 18.1 Å². The van der Waals surface area contributed by atoms with Crippen molar-refractivity contribution in [2.24, 2.45) is 16.9 Å². The molecule has 1 aromatic carbocycles. The summed E-state index contributed by atoms with van der Waals surface area (Å²) < 4.78 is 0. The van der Waals surface area contributed by atoms with E-state index in [1.165, 1.54) is 9.91 Å². The number of imide groups is 1. The fourth-order valence-electron chi connectivity index (χ4n) is 4.40. The third-order valence-electron chi connectivity index (χ3n) is 5.41. The van der Waals surface area contributed by atoms with Gasteiger partial charge in [0.05, 0.1) is 18.2 Å². The first kappa shape index (κ1) is 16.3. The molecule has 0 spiro atoms. The van der Waals surface area contributed by atoms with Crippen molar-refractivity contribution in [1.82, 2.24) is 9.91 Å².